The first-order chi connectivity index (χ1) is 16.3. The third-order valence-corrected chi connectivity index (χ3v) is 4.89. The van der Waals surface area contributed by atoms with E-state index in [2.05, 4.69) is 10.3 Å². The van der Waals surface area contributed by atoms with Crippen molar-refractivity contribution in [3.63, 3.8) is 0 Å². The molecule has 3 rings (SSSR count). The fourth-order valence-corrected chi connectivity index (χ4v) is 3.54. The van der Waals surface area contributed by atoms with Crippen molar-refractivity contribution in [3.05, 3.63) is 52.9 Å². The number of ether oxygens (including phenoxy) is 3. The Balaban J connectivity index is 2.05. The monoisotopic (exact) mass is 467 g/mol. The van der Waals surface area contributed by atoms with Crippen LogP contribution in [0.5, 0.6) is 5.75 Å². The number of hydrogen-bond acceptors (Lipinski definition) is 7. The third kappa shape index (κ3) is 5.92. The second kappa shape index (κ2) is 11.3. The Morgan fingerprint density at radius 2 is 1.94 bits per heavy atom. The van der Waals surface area contributed by atoms with Crippen LogP contribution in [0.15, 0.2) is 47.4 Å². The number of benzene rings is 1. The molecule has 0 aliphatic heterocycles. The average molecular weight is 468 g/mol. The summed E-state index contributed by atoms with van der Waals surface area (Å²) in [4.78, 5) is 41.2. The molecule has 0 spiro atoms. The molecule has 9 nitrogen and oxygen atoms in total. The first kappa shape index (κ1) is 24.8. The molecule has 34 heavy (non-hydrogen) atoms. The topological polar surface area (TPSA) is 109 Å². The molecule has 1 N–H and O–H groups in total. The van der Waals surface area contributed by atoms with Gasteiger partial charge in [0.2, 0.25) is 0 Å². The summed E-state index contributed by atoms with van der Waals surface area (Å²) >= 11 is 0. The van der Waals surface area contributed by atoms with Gasteiger partial charge in [0, 0.05) is 37.0 Å². The van der Waals surface area contributed by atoms with Gasteiger partial charge in [-0.25, -0.2) is 9.78 Å². The van der Waals surface area contributed by atoms with Gasteiger partial charge in [0.1, 0.15) is 17.1 Å². The van der Waals surface area contributed by atoms with Crippen molar-refractivity contribution in [2.45, 2.75) is 46.8 Å². The normalized spacial score (nSPS) is 10.9. The van der Waals surface area contributed by atoms with Crippen LogP contribution in [0, 0.1) is 0 Å². The number of anilines is 1. The Kier molecular flexibility index (Phi) is 8.24. The molecule has 1 amide bonds. The fraction of sp³-hybridized carbons (Fsp3) is 0.360. The first-order valence-corrected chi connectivity index (χ1v) is 11.2. The maximum atomic E-state index is 13.4. The molecule has 9 heteroatoms. The number of nitrogens with one attached hydrogen (secondary N) is 1. The summed E-state index contributed by atoms with van der Waals surface area (Å²) in [5.74, 6) is 0.244. The molecule has 2 heterocycles. The second-order valence-corrected chi connectivity index (χ2v) is 7.82. The molecule has 0 bridgehead atoms. The lowest BCUT2D eigenvalue weighted by Crippen LogP contribution is -2.28. The van der Waals surface area contributed by atoms with Crippen LogP contribution in [0.1, 0.15) is 34.1 Å². The number of pyridine rings is 2. The molecule has 0 aliphatic rings. The minimum atomic E-state index is -0.711. The lowest BCUT2D eigenvalue weighted by atomic mass is 10.00. The molecule has 0 radical (unpaired) electrons. The molecule has 2 aromatic heterocycles. The number of carbonyl (C=O) groups excluding carboxylic acids is 2. The predicted octanol–water partition coefficient (Wildman–Crippen LogP) is 4.37. The van der Waals surface area contributed by atoms with Gasteiger partial charge in [-0.15, -0.1) is 0 Å². The van der Waals surface area contributed by atoms with Gasteiger partial charge in [0.15, 0.2) is 0 Å². The highest BCUT2D eigenvalue weighted by atomic mass is 16.6. The quantitative estimate of drug-likeness (QED) is 0.368. The summed E-state index contributed by atoms with van der Waals surface area (Å²) in [5.41, 5.74) is 1.46. The maximum Gasteiger partial charge on any atom is 0.412 e. The molecule has 3 aromatic rings. The zero-order valence-corrected chi connectivity index (χ0v) is 19.8. The number of fused-ring (bicyclic) bond motifs is 1. The summed E-state index contributed by atoms with van der Waals surface area (Å²) in [7, 11) is 0. The number of rotatable bonds is 9. The van der Waals surface area contributed by atoms with E-state index in [-0.39, 0.29) is 29.9 Å². The Hall–Kier alpha value is -3.88. The summed E-state index contributed by atoms with van der Waals surface area (Å²) < 4.78 is 17.5. The Labute approximate surface area is 197 Å². The molecule has 180 valence electrons. The lowest BCUT2D eigenvalue weighted by molar-refractivity contribution is -0.141. The van der Waals surface area contributed by atoms with E-state index in [4.69, 9.17) is 14.2 Å². The van der Waals surface area contributed by atoms with Gasteiger partial charge in [-0.2, -0.15) is 0 Å². The van der Waals surface area contributed by atoms with Crippen LogP contribution < -0.4 is 15.6 Å². The van der Waals surface area contributed by atoms with Crippen molar-refractivity contribution in [2.75, 3.05) is 18.5 Å². The third-order valence-electron chi connectivity index (χ3n) is 4.89. The maximum absolute atomic E-state index is 13.4. The summed E-state index contributed by atoms with van der Waals surface area (Å²) in [6.45, 7) is 7.67. The second-order valence-electron chi connectivity index (χ2n) is 7.82. The molecule has 0 fully saturated rings. The number of hydrogen-bond donors (Lipinski definition) is 1. The van der Waals surface area contributed by atoms with Crippen LogP contribution in [0.2, 0.25) is 0 Å². The molecule has 0 unspecified atom stereocenters. The van der Waals surface area contributed by atoms with Crippen molar-refractivity contribution in [1.29, 1.82) is 0 Å². The van der Waals surface area contributed by atoms with E-state index < -0.39 is 6.09 Å². The van der Waals surface area contributed by atoms with E-state index in [9.17, 15) is 14.4 Å². The average Bonchev–Trinajstić information content (AvgIpc) is 2.79. The van der Waals surface area contributed by atoms with Gasteiger partial charge in [0.05, 0.1) is 19.3 Å². The summed E-state index contributed by atoms with van der Waals surface area (Å²) in [6, 6.07) is 10.9. The number of carbonyl (C=O) groups is 2. The van der Waals surface area contributed by atoms with E-state index in [1.54, 1.807) is 44.3 Å². The number of aryl methyl sites for hydroxylation is 1. The van der Waals surface area contributed by atoms with Crippen LogP contribution in [0.4, 0.5) is 10.5 Å². The standard InChI is InChI=1S/C25H29N3O6/c1-5-28-23-20(11-7-12-26-23)21(22(24(28)30)27-25(31)34-16(2)3)18-9-6-10-19(15-18)33-14-8-13-32-17(4)29/h6-7,9-12,15-16H,5,8,13-14H2,1-4H3,(H,27,31). The molecular weight excluding hydrogens is 438 g/mol. The van der Waals surface area contributed by atoms with Crippen LogP contribution in [-0.2, 0) is 20.8 Å². The number of esters is 1. The molecular formula is C25H29N3O6. The highest BCUT2D eigenvalue weighted by Gasteiger charge is 2.21. The van der Waals surface area contributed by atoms with E-state index in [1.165, 1.54) is 11.5 Å². The molecule has 0 saturated carbocycles. The van der Waals surface area contributed by atoms with Gasteiger partial charge in [-0.05, 0) is 50.6 Å². The van der Waals surface area contributed by atoms with Gasteiger partial charge in [-0.3, -0.25) is 19.5 Å². The predicted molar refractivity (Wildman–Crippen MR) is 129 cm³/mol. The molecule has 0 atom stereocenters. The largest absolute Gasteiger partial charge is 0.493 e. The minimum Gasteiger partial charge on any atom is -0.493 e. The molecule has 0 saturated heterocycles. The first-order valence-electron chi connectivity index (χ1n) is 11.2. The zero-order valence-electron chi connectivity index (χ0n) is 19.8. The van der Waals surface area contributed by atoms with Crippen molar-refractivity contribution in [2.24, 2.45) is 0 Å². The Bertz CT molecular complexity index is 1240. The highest BCUT2D eigenvalue weighted by molar-refractivity contribution is 6.03. The van der Waals surface area contributed by atoms with Crippen LogP contribution in [0.3, 0.4) is 0 Å². The van der Waals surface area contributed by atoms with Crippen molar-refractivity contribution < 1.29 is 23.8 Å². The number of amides is 1. The fourth-order valence-electron chi connectivity index (χ4n) is 3.54. The van der Waals surface area contributed by atoms with Crippen molar-refractivity contribution in [3.8, 4) is 16.9 Å². The van der Waals surface area contributed by atoms with Crippen molar-refractivity contribution >= 4 is 28.8 Å². The SMILES string of the molecule is CCn1c(=O)c(NC(=O)OC(C)C)c(-c2cccc(OCCCOC(C)=O)c2)c2cccnc21. The van der Waals surface area contributed by atoms with Gasteiger partial charge in [-0.1, -0.05) is 12.1 Å². The van der Waals surface area contributed by atoms with Gasteiger partial charge >= 0.3 is 12.1 Å². The summed E-state index contributed by atoms with van der Waals surface area (Å²) in [5, 5.41) is 3.36. The smallest absolute Gasteiger partial charge is 0.412 e. The Morgan fingerprint density at radius 3 is 2.65 bits per heavy atom. The Morgan fingerprint density at radius 1 is 1.15 bits per heavy atom. The lowest BCUT2D eigenvalue weighted by Gasteiger charge is -2.18. The number of nitrogens with zero attached hydrogens (tertiary/aromatic N) is 2. The van der Waals surface area contributed by atoms with Crippen LogP contribution in [-0.4, -0.2) is 40.9 Å². The minimum absolute atomic E-state index is 0.111. The summed E-state index contributed by atoms with van der Waals surface area (Å²) in [6.07, 6.45) is 1.11. The van der Waals surface area contributed by atoms with Crippen LogP contribution >= 0.6 is 0 Å². The van der Waals surface area contributed by atoms with E-state index in [0.29, 0.717) is 47.5 Å². The van der Waals surface area contributed by atoms with Crippen LogP contribution in [0.25, 0.3) is 22.2 Å². The van der Waals surface area contributed by atoms with Crippen molar-refractivity contribution in [1.82, 2.24) is 9.55 Å². The van der Waals surface area contributed by atoms with E-state index in [0.717, 1.165) is 0 Å². The molecule has 1 aromatic carbocycles. The highest BCUT2D eigenvalue weighted by Crippen LogP contribution is 2.34. The zero-order chi connectivity index (χ0) is 24.7. The molecule has 0 aliphatic carbocycles. The van der Waals surface area contributed by atoms with Gasteiger partial charge < -0.3 is 14.2 Å². The number of aromatic nitrogens is 2. The van der Waals surface area contributed by atoms with Gasteiger partial charge in [0.25, 0.3) is 5.56 Å². The van der Waals surface area contributed by atoms with E-state index in [1.807, 2.05) is 19.1 Å². The van der Waals surface area contributed by atoms with E-state index >= 15 is 0 Å².